The Bertz CT molecular complexity index is 2300. The van der Waals surface area contributed by atoms with Crippen LogP contribution in [0.5, 0.6) is 0 Å². The minimum absolute atomic E-state index is 0.0470. The van der Waals surface area contributed by atoms with Gasteiger partial charge in [-0.3, -0.25) is 28.8 Å². The first-order valence-electron chi connectivity index (χ1n) is 19.2. The number of esters is 1. The number of aliphatic carboxylic acids is 1. The van der Waals surface area contributed by atoms with Crippen molar-refractivity contribution in [2.75, 3.05) is 0 Å². The molecular weight excluding hydrogens is 785 g/mol. The molecule has 60 heavy (non-hydrogen) atoms. The maximum Gasteiger partial charge on any atom is 0.310 e. The second-order valence-corrected chi connectivity index (χ2v) is 17.0. The number of rotatable bonds is 12. The first-order valence-corrected chi connectivity index (χ1v) is 19.2. The van der Waals surface area contributed by atoms with Crippen LogP contribution in [-0.2, 0) is 14.3 Å². The molecule has 3 N–H and O–H groups in total. The molecule has 2 unspecified atom stereocenters. The van der Waals surface area contributed by atoms with E-state index in [0.717, 1.165) is 47.5 Å². The first kappa shape index (κ1) is 44.9. The molecule has 2 amide bonds. The van der Waals surface area contributed by atoms with Gasteiger partial charge in [-0.1, -0.05) is 60.7 Å². The number of hydrogen-bond donors (Lipinski definition) is 3. The van der Waals surface area contributed by atoms with Gasteiger partial charge in [0.1, 0.15) is 40.0 Å². The van der Waals surface area contributed by atoms with Gasteiger partial charge in [-0.25, -0.2) is 17.6 Å². The van der Waals surface area contributed by atoms with Gasteiger partial charge in [-0.05, 0) is 109 Å². The zero-order chi connectivity index (χ0) is 44.5. The van der Waals surface area contributed by atoms with Gasteiger partial charge >= 0.3 is 11.9 Å². The van der Waals surface area contributed by atoms with Crippen LogP contribution in [0, 0.1) is 35.1 Å². The molecule has 0 aromatic heterocycles. The molecule has 0 radical (unpaired) electrons. The van der Waals surface area contributed by atoms with Crippen LogP contribution in [0.1, 0.15) is 126 Å². The Morgan fingerprint density at radius 3 is 1.20 bits per heavy atom. The Balaban J connectivity index is 0.000000230. The SMILES string of the molecule is CC(C)(C)OC(=O)[C@H]1CC1c1ccc(C(=O)C(C)(C)NC(=O)c2c(F)cccc2F)cc1.CC(C)(NC(=O)c1c(F)cccc1F)C(=O)c1ccc(C2C[C@@H]2C(=O)O)cc1. The minimum Gasteiger partial charge on any atom is -0.481 e. The molecule has 0 aliphatic heterocycles. The predicted octanol–water partition coefficient (Wildman–Crippen LogP) is 8.35. The molecule has 2 aliphatic carbocycles. The lowest BCUT2D eigenvalue weighted by Crippen LogP contribution is -2.50. The Hall–Kier alpha value is -6.18. The van der Waals surface area contributed by atoms with Crippen molar-refractivity contribution in [2.24, 2.45) is 11.8 Å². The highest BCUT2D eigenvalue weighted by molar-refractivity contribution is 6.07. The fourth-order valence-corrected chi connectivity index (χ4v) is 6.76. The number of nitrogens with one attached hydrogen (secondary N) is 2. The van der Waals surface area contributed by atoms with E-state index in [1.54, 1.807) is 48.5 Å². The van der Waals surface area contributed by atoms with Crippen LogP contribution >= 0.6 is 0 Å². The highest BCUT2D eigenvalue weighted by Gasteiger charge is 2.46. The molecule has 4 aromatic rings. The van der Waals surface area contributed by atoms with E-state index in [4.69, 9.17) is 9.84 Å². The molecule has 10 nitrogen and oxygen atoms in total. The van der Waals surface area contributed by atoms with Gasteiger partial charge in [0, 0.05) is 11.1 Å². The topological polar surface area (TPSA) is 156 Å². The van der Waals surface area contributed by atoms with Gasteiger partial charge in [-0.2, -0.15) is 0 Å². The van der Waals surface area contributed by atoms with Crippen molar-refractivity contribution >= 4 is 35.3 Å². The standard InChI is InChI=1S/C25H27F2NO4.C21H19F2NO4/c1-24(2,3)32-23(31)17-13-16(17)14-9-11-15(12-10-14)21(29)25(4,5)28-22(30)20-18(26)7-6-8-19(20)27;1-21(2,24-19(26)17-15(22)4-3-5-16(17)23)18(25)12-8-6-11(7-9-12)13-10-14(13)20(27)28/h6-12,16-17H,13H2,1-5H3,(H,28,30);3-9,13-14H,10H2,1-2H3,(H,24,26)(H,27,28)/t16?,17-;13?,14-/m00/s1. The normalized spacial score (nSPS) is 18.2. The lowest BCUT2D eigenvalue weighted by atomic mass is 9.91. The smallest absolute Gasteiger partial charge is 0.310 e. The average Bonchev–Trinajstić information content (AvgIpc) is 4.08. The van der Waals surface area contributed by atoms with Crippen molar-refractivity contribution < 1.29 is 56.2 Å². The molecule has 0 bridgehead atoms. The monoisotopic (exact) mass is 830 g/mol. The number of Topliss-reactive ketones (excluding diaryl/α,β-unsaturated/α-hetero) is 2. The number of carbonyl (C=O) groups is 6. The molecule has 0 spiro atoms. The van der Waals surface area contributed by atoms with Crippen LogP contribution in [0.25, 0.3) is 0 Å². The number of hydrogen-bond acceptors (Lipinski definition) is 7. The third-order valence-corrected chi connectivity index (χ3v) is 10.2. The van der Waals surface area contributed by atoms with E-state index in [-0.39, 0.29) is 23.7 Å². The summed E-state index contributed by atoms with van der Waals surface area (Å²) < 4.78 is 60.8. The summed E-state index contributed by atoms with van der Waals surface area (Å²) in [4.78, 5) is 73.6. The summed E-state index contributed by atoms with van der Waals surface area (Å²) in [6.45, 7) is 11.3. The van der Waals surface area contributed by atoms with E-state index in [0.29, 0.717) is 24.0 Å². The number of halogens is 4. The maximum atomic E-state index is 13.9. The molecule has 0 saturated heterocycles. The summed E-state index contributed by atoms with van der Waals surface area (Å²) in [6, 6.07) is 19.5. The summed E-state index contributed by atoms with van der Waals surface area (Å²) in [5.74, 6) is -8.56. The van der Waals surface area contributed by atoms with Crippen LogP contribution < -0.4 is 10.6 Å². The summed E-state index contributed by atoms with van der Waals surface area (Å²) in [5, 5.41) is 13.8. The van der Waals surface area contributed by atoms with Crippen LogP contribution in [0.3, 0.4) is 0 Å². The van der Waals surface area contributed by atoms with E-state index >= 15 is 0 Å². The minimum atomic E-state index is -1.41. The van der Waals surface area contributed by atoms with Gasteiger partial charge in [0.05, 0.1) is 22.9 Å². The molecule has 2 fully saturated rings. The number of ether oxygens (including phenoxy) is 1. The van der Waals surface area contributed by atoms with E-state index in [1.807, 2.05) is 20.8 Å². The second-order valence-electron chi connectivity index (χ2n) is 17.0. The summed E-state index contributed by atoms with van der Waals surface area (Å²) >= 11 is 0. The number of ketones is 2. The molecule has 2 saturated carbocycles. The van der Waals surface area contributed by atoms with Gasteiger partial charge in [0.15, 0.2) is 11.6 Å². The van der Waals surface area contributed by atoms with Crippen LogP contribution in [0.4, 0.5) is 17.6 Å². The fourth-order valence-electron chi connectivity index (χ4n) is 6.76. The molecule has 6 rings (SSSR count). The quantitative estimate of drug-likeness (QED) is 0.0731. The van der Waals surface area contributed by atoms with E-state index in [1.165, 1.54) is 27.7 Å². The maximum absolute atomic E-state index is 13.9. The highest BCUT2D eigenvalue weighted by atomic mass is 19.1. The van der Waals surface area contributed by atoms with Crippen LogP contribution in [0.15, 0.2) is 84.9 Å². The van der Waals surface area contributed by atoms with Crippen molar-refractivity contribution in [1.82, 2.24) is 10.6 Å². The van der Waals surface area contributed by atoms with Gasteiger partial charge in [0.2, 0.25) is 0 Å². The van der Waals surface area contributed by atoms with E-state index in [9.17, 15) is 46.3 Å². The number of carbonyl (C=O) groups excluding carboxylic acids is 5. The number of carboxylic acid groups (broad SMARTS) is 1. The first-order chi connectivity index (χ1) is 27.9. The van der Waals surface area contributed by atoms with Crippen molar-refractivity contribution in [3.05, 3.63) is 142 Å². The lowest BCUT2D eigenvalue weighted by Gasteiger charge is -2.25. The molecule has 2 aliphatic rings. The van der Waals surface area contributed by atoms with Gasteiger partial charge in [-0.15, -0.1) is 0 Å². The van der Waals surface area contributed by atoms with Crippen molar-refractivity contribution in [2.45, 2.75) is 89.8 Å². The zero-order valence-corrected chi connectivity index (χ0v) is 34.1. The largest absolute Gasteiger partial charge is 0.481 e. The number of amides is 2. The van der Waals surface area contributed by atoms with Crippen LogP contribution in [-0.4, -0.2) is 57.1 Å². The summed E-state index contributed by atoms with van der Waals surface area (Å²) in [5.41, 5.74) is -2.42. The Morgan fingerprint density at radius 2 is 0.883 bits per heavy atom. The van der Waals surface area contributed by atoms with E-state index < -0.39 is 86.3 Å². The van der Waals surface area contributed by atoms with Crippen molar-refractivity contribution in [3.63, 3.8) is 0 Å². The Morgan fingerprint density at radius 1 is 0.550 bits per heavy atom. The molecule has 14 heteroatoms. The predicted molar refractivity (Wildman–Crippen MR) is 213 cm³/mol. The molecule has 316 valence electrons. The van der Waals surface area contributed by atoms with Gasteiger partial charge < -0.3 is 20.5 Å². The lowest BCUT2D eigenvalue weighted by molar-refractivity contribution is -0.156. The fraction of sp³-hybridized carbons (Fsp3) is 0.348. The molecule has 4 aromatic carbocycles. The van der Waals surface area contributed by atoms with E-state index in [2.05, 4.69) is 10.6 Å². The average molecular weight is 831 g/mol. The third kappa shape index (κ3) is 10.5. The summed E-state index contributed by atoms with van der Waals surface area (Å²) in [7, 11) is 0. The molecular formula is C46H46F4N2O8. The number of carboxylic acids is 1. The zero-order valence-electron chi connectivity index (χ0n) is 34.1. The second kappa shape index (κ2) is 17.2. The molecule has 4 atom stereocenters. The van der Waals surface area contributed by atoms with Crippen LogP contribution in [0.2, 0.25) is 0 Å². The van der Waals surface area contributed by atoms with Gasteiger partial charge in [0.25, 0.3) is 11.8 Å². The molecule has 0 heterocycles. The Kier molecular flexibility index (Phi) is 12.9. The van der Waals surface area contributed by atoms with Crippen molar-refractivity contribution in [1.29, 1.82) is 0 Å². The summed E-state index contributed by atoms with van der Waals surface area (Å²) in [6.07, 6.45) is 1.26. The number of benzene rings is 4. The van der Waals surface area contributed by atoms with Crippen molar-refractivity contribution in [3.8, 4) is 0 Å². The highest BCUT2D eigenvalue weighted by Crippen LogP contribution is 2.49. The third-order valence-electron chi connectivity index (χ3n) is 10.2. The Labute approximate surface area is 344 Å².